The van der Waals surface area contributed by atoms with Crippen LogP contribution in [0.1, 0.15) is 25.5 Å². The Morgan fingerprint density at radius 1 is 1.33 bits per heavy atom. The van der Waals surface area contributed by atoms with Crippen LogP contribution in [0.25, 0.3) is 10.9 Å². The zero-order valence-electron chi connectivity index (χ0n) is 11.0. The highest BCUT2D eigenvalue weighted by Gasteiger charge is 2.03. The van der Waals surface area contributed by atoms with Crippen LogP contribution in [-0.2, 0) is 0 Å². The molecule has 3 heteroatoms. The van der Waals surface area contributed by atoms with Gasteiger partial charge in [-0.05, 0) is 38.8 Å². The Bertz CT molecular complexity index is 523. The molecule has 0 radical (unpaired) electrons. The van der Waals surface area contributed by atoms with Crippen LogP contribution in [0.15, 0.2) is 30.3 Å². The Kier molecular flexibility index (Phi) is 4.15. The maximum atomic E-state index is 9.23. The number of nitrogens with one attached hydrogen (secondary N) is 1. The van der Waals surface area contributed by atoms with E-state index in [2.05, 4.69) is 22.4 Å². The van der Waals surface area contributed by atoms with Crippen LogP contribution in [0.4, 0.5) is 5.69 Å². The minimum absolute atomic E-state index is 0.220. The minimum atomic E-state index is -0.220. The summed E-state index contributed by atoms with van der Waals surface area (Å²) in [5, 5.41) is 13.8. The first-order chi connectivity index (χ1) is 8.66. The van der Waals surface area contributed by atoms with E-state index in [-0.39, 0.29) is 6.10 Å². The highest BCUT2D eigenvalue weighted by Crippen LogP contribution is 2.22. The summed E-state index contributed by atoms with van der Waals surface area (Å²) in [6, 6.07) is 10.2. The van der Waals surface area contributed by atoms with Crippen molar-refractivity contribution in [2.45, 2.75) is 32.8 Å². The minimum Gasteiger partial charge on any atom is -0.393 e. The number of fused-ring (bicyclic) bond motifs is 1. The molecule has 0 spiro atoms. The van der Waals surface area contributed by atoms with E-state index in [1.54, 1.807) is 0 Å². The second kappa shape index (κ2) is 5.83. The van der Waals surface area contributed by atoms with E-state index in [0.29, 0.717) is 0 Å². The van der Waals surface area contributed by atoms with Crippen LogP contribution < -0.4 is 5.32 Å². The quantitative estimate of drug-likeness (QED) is 0.794. The van der Waals surface area contributed by atoms with Gasteiger partial charge in [0, 0.05) is 23.3 Å². The Labute approximate surface area is 108 Å². The number of para-hydroxylation sites is 1. The first kappa shape index (κ1) is 12.8. The number of benzene rings is 1. The predicted octanol–water partition coefficient (Wildman–Crippen LogP) is 3.12. The number of anilines is 1. The number of rotatable bonds is 5. The van der Waals surface area contributed by atoms with Gasteiger partial charge in [0.2, 0.25) is 0 Å². The molecule has 2 N–H and O–H groups in total. The van der Waals surface area contributed by atoms with Gasteiger partial charge in [-0.25, -0.2) is 0 Å². The summed E-state index contributed by atoms with van der Waals surface area (Å²) in [6.07, 6.45) is 1.57. The van der Waals surface area contributed by atoms with Crippen LogP contribution in [0.2, 0.25) is 0 Å². The molecule has 0 aliphatic heterocycles. The molecule has 0 bridgehead atoms. The molecule has 1 unspecified atom stereocenters. The van der Waals surface area contributed by atoms with Gasteiger partial charge in [-0.1, -0.05) is 18.2 Å². The molecule has 2 rings (SSSR count). The van der Waals surface area contributed by atoms with Crippen molar-refractivity contribution < 1.29 is 5.11 Å². The van der Waals surface area contributed by atoms with Crippen molar-refractivity contribution in [1.29, 1.82) is 0 Å². The lowest BCUT2D eigenvalue weighted by Crippen LogP contribution is -2.07. The number of aryl methyl sites for hydroxylation is 1. The molecule has 96 valence electrons. The second-order valence-electron chi connectivity index (χ2n) is 4.75. The summed E-state index contributed by atoms with van der Waals surface area (Å²) >= 11 is 0. The molecular weight excluding hydrogens is 224 g/mol. The van der Waals surface area contributed by atoms with Gasteiger partial charge in [0.25, 0.3) is 0 Å². The van der Waals surface area contributed by atoms with Gasteiger partial charge in [-0.15, -0.1) is 0 Å². The van der Waals surface area contributed by atoms with Crippen LogP contribution >= 0.6 is 0 Å². The predicted molar refractivity (Wildman–Crippen MR) is 75.9 cm³/mol. The number of aliphatic hydroxyl groups excluding tert-OH is 1. The molecule has 1 heterocycles. The summed E-state index contributed by atoms with van der Waals surface area (Å²) in [5.41, 5.74) is 3.17. The molecule has 0 saturated heterocycles. The van der Waals surface area contributed by atoms with Crippen LogP contribution in [-0.4, -0.2) is 22.7 Å². The third-order valence-electron chi connectivity index (χ3n) is 2.96. The van der Waals surface area contributed by atoms with E-state index < -0.39 is 0 Å². The maximum absolute atomic E-state index is 9.23. The van der Waals surface area contributed by atoms with Gasteiger partial charge >= 0.3 is 0 Å². The monoisotopic (exact) mass is 244 g/mol. The average Bonchev–Trinajstić information content (AvgIpc) is 2.34. The molecule has 2 aromatic rings. The Morgan fingerprint density at radius 2 is 2.11 bits per heavy atom. The molecule has 0 fully saturated rings. The molecule has 1 atom stereocenters. The standard InChI is InChI=1S/C15H20N2O/c1-11-10-15(16-9-5-6-12(2)18)13-7-3-4-8-14(13)17-11/h3-4,7-8,10,12,18H,5-6,9H2,1-2H3,(H,16,17). The Morgan fingerprint density at radius 3 is 2.89 bits per heavy atom. The fourth-order valence-corrected chi connectivity index (χ4v) is 2.07. The van der Waals surface area contributed by atoms with Crippen LogP contribution in [0.5, 0.6) is 0 Å². The van der Waals surface area contributed by atoms with E-state index in [1.165, 1.54) is 0 Å². The first-order valence-electron chi connectivity index (χ1n) is 6.45. The number of hydrogen-bond donors (Lipinski definition) is 2. The Hall–Kier alpha value is -1.61. The largest absolute Gasteiger partial charge is 0.393 e. The zero-order valence-corrected chi connectivity index (χ0v) is 11.0. The molecule has 1 aromatic heterocycles. The number of pyridine rings is 1. The maximum Gasteiger partial charge on any atom is 0.0725 e. The molecule has 18 heavy (non-hydrogen) atoms. The van der Waals surface area contributed by atoms with Crippen LogP contribution in [0.3, 0.4) is 0 Å². The van der Waals surface area contributed by atoms with Gasteiger partial charge in [-0.2, -0.15) is 0 Å². The first-order valence-corrected chi connectivity index (χ1v) is 6.45. The van der Waals surface area contributed by atoms with E-state index in [0.717, 1.165) is 41.7 Å². The summed E-state index contributed by atoms with van der Waals surface area (Å²) in [7, 11) is 0. The molecular formula is C15H20N2O. The molecule has 0 saturated carbocycles. The molecule has 0 aliphatic rings. The number of nitrogens with zero attached hydrogens (tertiary/aromatic N) is 1. The van der Waals surface area contributed by atoms with Crippen molar-refractivity contribution in [3.05, 3.63) is 36.0 Å². The van der Waals surface area contributed by atoms with Crippen molar-refractivity contribution in [3.63, 3.8) is 0 Å². The van der Waals surface area contributed by atoms with E-state index >= 15 is 0 Å². The van der Waals surface area contributed by atoms with E-state index in [4.69, 9.17) is 0 Å². The van der Waals surface area contributed by atoms with Crippen LogP contribution in [0, 0.1) is 6.92 Å². The molecule has 3 nitrogen and oxygen atoms in total. The topological polar surface area (TPSA) is 45.1 Å². The van der Waals surface area contributed by atoms with Crippen molar-refractivity contribution in [1.82, 2.24) is 4.98 Å². The van der Waals surface area contributed by atoms with Crippen molar-refractivity contribution in [2.24, 2.45) is 0 Å². The van der Waals surface area contributed by atoms with Crippen molar-refractivity contribution in [3.8, 4) is 0 Å². The van der Waals surface area contributed by atoms with Gasteiger partial charge in [0.15, 0.2) is 0 Å². The number of aromatic nitrogens is 1. The molecule has 0 aliphatic carbocycles. The van der Waals surface area contributed by atoms with Crippen molar-refractivity contribution in [2.75, 3.05) is 11.9 Å². The van der Waals surface area contributed by atoms with Crippen molar-refractivity contribution >= 4 is 16.6 Å². The van der Waals surface area contributed by atoms with Gasteiger partial charge in [-0.3, -0.25) is 4.98 Å². The lowest BCUT2D eigenvalue weighted by Gasteiger charge is -2.11. The zero-order chi connectivity index (χ0) is 13.0. The van der Waals surface area contributed by atoms with Gasteiger partial charge < -0.3 is 10.4 Å². The van der Waals surface area contributed by atoms with E-state index in [9.17, 15) is 5.11 Å². The highest BCUT2D eigenvalue weighted by molar-refractivity contribution is 5.91. The highest BCUT2D eigenvalue weighted by atomic mass is 16.3. The Balaban J connectivity index is 2.12. The summed E-state index contributed by atoms with van der Waals surface area (Å²) in [6.45, 7) is 4.71. The second-order valence-corrected chi connectivity index (χ2v) is 4.75. The SMILES string of the molecule is Cc1cc(NCCCC(C)O)c2ccccc2n1. The number of aliphatic hydroxyl groups is 1. The smallest absolute Gasteiger partial charge is 0.0725 e. The summed E-state index contributed by atoms with van der Waals surface area (Å²) in [4.78, 5) is 4.51. The van der Waals surface area contributed by atoms with E-state index in [1.807, 2.05) is 32.0 Å². The molecule has 0 amide bonds. The normalized spacial score (nSPS) is 12.6. The third-order valence-corrected chi connectivity index (χ3v) is 2.96. The average molecular weight is 244 g/mol. The lowest BCUT2D eigenvalue weighted by atomic mass is 10.1. The fraction of sp³-hybridized carbons (Fsp3) is 0.400. The van der Waals surface area contributed by atoms with Gasteiger partial charge in [0.05, 0.1) is 11.6 Å². The third kappa shape index (κ3) is 3.20. The number of hydrogen-bond acceptors (Lipinski definition) is 3. The summed E-state index contributed by atoms with van der Waals surface area (Å²) < 4.78 is 0. The fourth-order valence-electron chi connectivity index (χ4n) is 2.07. The summed E-state index contributed by atoms with van der Waals surface area (Å²) in [5.74, 6) is 0. The van der Waals surface area contributed by atoms with Gasteiger partial charge in [0.1, 0.15) is 0 Å². The lowest BCUT2D eigenvalue weighted by molar-refractivity contribution is 0.183. The molecule has 1 aromatic carbocycles.